The van der Waals surface area contributed by atoms with Gasteiger partial charge in [0.25, 0.3) is 32.1 Å². The van der Waals surface area contributed by atoms with E-state index in [2.05, 4.69) is 79.7 Å². The fourth-order valence-corrected chi connectivity index (χ4v) is 11.7. The van der Waals surface area contributed by atoms with E-state index in [-0.39, 0.29) is 34.8 Å². The number of ether oxygens (including phenoxy) is 1. The Labute approximate surface area is 423 Å². The molecule has 4 aromatic carbocycles. The zero-order valence-electron chi connectivity index (χ0n) is 40.9. The SMILES string of the molecule is CC1(C)C(=CC=CC=CC=CC2=[N+](CCCCS(=O)(=O)O)c3ccc4ccc(OCCCCCC(=O)ON5C(=O)CC(S(=O)O)C5=O)cc4c3C2(C)C)N(CCCCS(=O)(=O)O)c2ccc3ccccc3c21. The predicted molar refractivity (Wildman–Crippen MR) is 279 cm³/mol. The van der Waals surface area contributed by atoms with Gasteiger partial charge in [0.2, 0.25) is 5.69 Å². The van der Waals surface area contributed by atoms with E-state index in [9.17, 15) is 49.1 Å². The fourth-order valence-electron chi connectivity index (χ4n) is 9.99. The fraction of sp³-hybridized carbons (Fsp3) is 0.396. The maximum atomic E-state index is 12.3. The van der Waals surface area contributed by atoms with Crippen LogP contribution in [0.4, 0.5) is 11.4 Å². The first kappa shape index (κ1) is 54.0. The molecule has 2 atom stereocenters. The Hall–Kier alpha value is -5.83. The second-order valence-electron chi connectivity index (χ2n) is 19.2. The van der Waals surface area contributed by atoms with Crippen LogP contribution in [0.3, 0.4) is 0 Å². The summed E-state index contributed by atoms with van der Waals surface area (Å²) < 4.78 is 93.8. The van der Waals surface area contributed by atoms with E-state index >= 15 is 0 Å². The van der Waals surface area contributed by atoms with Crippen LogP contribution in [0.5, 0.6) is 5.75 Å². The van der Waals surface area contributed by atoms with Crippen LogP contribution in [-0.4, -0.2) is 104 Å². The summed E-state index contributed by atoms with van der Waals surface area (Å²) in [6, 6.07) is 22.6. The third-order valence-electron chi connectivity index (χ3n) is 13.4. The van der Waals surface area contributed by atoms with Gasteiger partial charge in [-0.25, -0.2) is 9.00 Å². The molecule has 19 heteroatoms. The van der Waals surface area contributed by atoms with Crippen molar-refractivity contribution in [2.75, 3.05) is 36.1 Å². The van der Waals surface area contributed by atoms with Crippen LogP contribution in [0.2, 0.25) is 0 Å². The number of hydrogen-bond acceptors (Lipinski definition) is 11. The largest absolute Gasteiger partial charge is 0.494 e. The van der Waals surface area contributed by atoms with Gasteiger partial charge in [-0.3, -0.25) is 18.7 Å². The minimum Gasteiger partial charge on any atom is -0.494 e. The van der Waals surface area contributed by atoms with Crippen molar-refractivity contribution in [2.24, 2.45) is 0 Å². The van der Waals surface area contributed by atoms with Crippen molar-refractivity contribution in [2.45, 2.75) is 102 Å². The van der Waals surface area contributed by atoms with Crippen molar-refractivity contribution in [3.8, 4) is 5.75 Å². The number of hydrogen-bond donors (Lipinski definition) is 3. The molecule has 7 rings (SSSR count). The second-order valence-corrected chi connectivity index (χ2v) is 23.5. The van der Waals surface area contributed by atoms with E-state index < -0.39 is 66.2 Å². The average molecular weight is 1050 g/mol. The first-order valence-electron chi connectivity index (χ1n) is 24.0. The number of allylic oxidation sites excluding steroid dienone is 8. The Balaban J connectivity index is 1.04. The lowest BCUT2D eigenvalue weighted by molar-refractivity contribution is -0.438. The van der Waals surface area contributed by atoms with Crippen LogP contribution in [0, 0.1) is 0 Å². The number of fused-ring (bicyclic) bond motifs is 6. The first-order chi connectivity index (χ1) is 34.1. The zero-order chi connectivity index (χ0) is 52.0. The third-order valence-corrected chi connectivity index (χ3v) is 15.8. The predicted octanol–water partition coefficient (Wildman–Crippen LogP) is 8.80. The van der Waals surface area contributed by atoms with Gasteiger partial charge in [-0.05, 0) is 110 Å². The van der Waals surface area contributed by atoms with E-state index in [1.54, 1.807) is 0 Å². The Morgan fingerprint density at radius 1 is 0.778 bits per heavy atom. The molecule has 2 amide bonds. The van der Waals surface area contributed by atoms with Crippen molar-refractivity contribution in [1.82, 2.24) is 5.06 Å². The molecule has 16 nitrogen and oxygen atoms in total. The average Bonchev–Trinajstić information content (AvgIpc) is 3.81. The maximum absolute atomic E-state index is 12.3. The molecular formula is C53H62N3O13S3+. The number of carbonyl (C=O) groups excluding carboxylic acids is 3. The molecule has 1 saturated heterocycles. The lowest BCUT2D eigenvalue weighted by Gasteiger charge is -2.27. The summed E-state index contributed by atoms with van der Waals surface area (Å²) in [5.41, 5.74) is 5.54. The van der Waals surface area contributed by atoms with Crippen molar-refractivity contribution in [3.63, 3.8) is 0 Å². The van der Waals surface area contributed by atoms with Gasteiger partial charge in [0, 0.05) is 53.9 Å². The molecule has 0 spiro atoms. The first-order valence-corrected chi connectivity index (χ1v) is 28.4. The number of hydroxylamine groups is 2. The van der Waals surface area contributed by atoms with Crippen LogP contribution in [-0.2, 0) is 61.4 Å². The number of carbonyl (C=O) groups is 3. The summed E-state index contributed by atoms with van der Waals surface area (Å²) >= 11 is -2.55. The molecule has 0 bridgehead atoms. The van der Waals surface area contributed by atoms with Crippen molar-refractivity contribution in [3.05, 3.63) is 126 Å². The van der Waals surface area contributed by atoms with Gasteiger partial charge in [-0.15, -0.1) is 5.06 Å². The Bertz CT molecular complexity index is 3170. The van der Waals surface area contributed by atoms with Crippen LogP contribution < -0.4 is 9.64 Å². The Morgan fingerprint density at radius 2 is 1.44 bits per heavy atom. The molecule has 3 N–H and O–H groups in total. The van der Waals surface area contributed by atoms with Gasteiger partial charge < -0.3 is 19.0 Å². The quantitative estimate of drug-likeness (QED) is 0.0158. The monoisotopic (exact) mass is 1040 g/mol. The molecule has 0 radical (unpaired) electrons. The van der Waals surface area contributed by atoms with E-state index in [1.807, 2.05) is 66.8 Å². The highest BCUT2D eigenvalue weighted by atomic mass is 32.2. The van der Waals surface area contributed by atoms with E-state index in [0.717, 1.165) is 49.9 Å². The van der Waals surface area contributed by atoms with Crippen LogP contribution in [0.25, 0.3) is 21.5 Å². The lowest BCUT2D eigenvalue weighted by atomic mass is 9.79. The molecule has 4 aromatic rings. The number of unbranched alkanes of at least 4 members (excludes halogenated alkanes) is 4. The van der Waals surface area contributed by atoms with Gasteiger partial charge in [0.15, 0.2) is 22.0 Å². The summed E-state index contributed by atoms with van der Waals surface area (Å²) in [7, 11) is -8.18. The number of nitrogens with zero attached hydrogens (tertiary/aromatic N) is 3. The maximum Gasteiger partial charge on any atom is 0.333 e. The van der Waals surface area contributed by atoms with E-state index in [1.165, 1.54) is 5.56 Å². The molecule has 1 fully saturated rings. The highest BCUT2D eigenvalue weighted by molar-refractivity contribution is 7.86. The third kappa shape index (κ3) is 12.5. The van der Waals surface area contributed by atoms with Gasteiger partial charge in [0.1, 0.15) is 12.3 Å². The van der Waals surface area contributed by atoms with Gasteiger partial charge in [-0.2, -0.15) is 21.4 Å². The minimum absolute atomic E-state index is 0.0657. The minimum atomic E-state index is -4.12. The zero-order valence-corrected chi connectivity index (χ0v) is 43.3. The summed E-state index contributed by atoms with van der Waals surface area (Å²) in [4.78, 5) is 43.7. The molecule has 3 heterocycles. The van der Waals surface area contributed by atoms with Crippen molar-refractivity contribution in [1.29, 1.82) is 0 Å². The Kier molecular flexibility index (Phi) is 16.9. The van der Waals surface area contributed by atoms with Gasteiger partial charge >= 0.3 is 5.97 Å². The molecule has 0 aromatic heterocycles. The number of benzene rings is 4. The number of anilines is 1. The molecule has 0 saturated carbocycles. The topological polar surface area (TPSA) is 225 Å². The second kappa shape index (κ2) is 22.5. The van der Waals surface area contributed by atoms with Crippen LogP contribution in [0.1, 0.15) is 96.6 Å². The van der Waals surface area contributed by atoms with E-state index in [0.29, 0.717) is 64.0 Å². The summed E-state index contributed by atoms with van der Waals surface area (Å²) in [5.74, 6) is -2.62. The summed E-state index contributed by atoms with van der Waals surface area (Å²) in [6.07, 6.45) is 16.7. The smallest absolute Gasteiger partial charge is 0.333 e. The molecule has 3 aliphatic heterocycles. The van der Waals surface area contributed by atoms with Crippen LogP contribution >= 0.6 is 0 Å². The standard InChI is InChI=1S/C53H61N3O13S3/c1-52(2)45(54(30-14-17-33-71(62,63)64)42-28-25-37-19-12-13-20-40(37)49(42)52)21-9-6-5-7-10-22-46-53(3,4)50-41-35-39(27-24-38(41)26-29-43(50)55(46)31-15-18-34-72(65,66)67)68-32-16-8-11-23-48(58)69-56-47(57)36-44(51(56)59)70(60)61/h5-7,9-10,12-13,19-22,24-29,35,44H,8,11,14-18,23,30-34,36H2,1-4H3,(H2-,60,61,62,63,64,65,66,67)/p+1. The van der Waals surface area contributed by atoms with Gasteiger partial charge in [0.05, 0.1) is 29.9 Å². The molecule has 3 aliphatic rings. The normalized spacial score (nSPS) is 18.8. The Morgan fingerprint density at radius 3 is 2.17 bits per heavy atom. The van der Waals surface area contributed by atoms with Gasteiger partial charge in [-0.1, -0.05) is 80.6 Å². The molecular weight excluding hydrogens is 983 g/mol. The number of rotatable bonds is 23. The molecule has 72 heavy (non-hydrogen) atoms. The highest BCUT2D eigenvalue weighted by Crippen LogP contribution is 2.51. The number of imide groups is 1. The number of amides is 2. The van der Waals surface area contributed by atoms with E-state index in [4.69, 9.17) is 9.57 Å². The lowest BCUT2D eigenvalue weighted by Crippen LogP contribution is -2.35. The summed E-state index contributed by atoms with van der Waals surface area (Å²) in [5, 5.41) is 3.13. The highest BCUT2D eigenvalue weighted by Gasteiger charge is 2.47. The summed E-state index contributed by atoms with van der Waals surface area (Å²) in [6.45, 7) is 10.1. The molecule has 384 valence electrons. The van der Waals surface area contributed by atoms with Crippen molar-refractivity contribution < 1.29 is 63.2 Å². The van der Waals surface area contributed by atoms with Crippen LogP contribution in [0.15, 0.2) is 115 Å². The van der Waals surface area contributed by atoms with Crippen molar-refractivity contribution >= 4 is 87.7 Å². The molecule has 2 unspecified atom stereocenters. The molecule has 0 aliphatic carbocycles.